The van der Waals surface area contributed by atoms with E-state index in [1.54, 1.807) is 48.5 Å². The van der Waals surface area contributed by atoms with Crippen molar-refractivity contribution in [3.8, 4) is 22.8 Å². The van der Waals surface area contributed by atoms with Gasteiger partial charge < -0.3 is 14.2 Å². The number of furan rings is 1. The van der Waals surface area contributed by atoms with Gasteiger partial charge in [0.15, 0.2) is 5.58 Å². The number of aryl methyl sites for hydroxylation is 1. The number of rotatable bonds is 5. The number of carbonyl (C=O) groups excluding carboxylic acids is 1. The number of oxazole rings is 1. The van der Waals surface area contributed by atoms with Crippen LogP contribution in [-0.4, -0.2) is 10.9 Å². The van der Waals surface area contributed by atoms with E-state index in [1.165, 1.54) is 6.08 Å². The Kier molecular flexibility index (Phi) is 5.97. The maximum absolute atomic E-state index is 12.4. The first-order chi connectivity index (χ1) is 16.4. The Morgan fingerprint density at radius 1 is 0.882 bits per heavy atom. The minimum absolute atomic E-state index is 0.283. The van der Waals surface area contributed by atoms with Crippen LogP contribution >= 0.6 is 23.2 Å². The maximum atomic E-state index is 12.4. The molecule has 0 radical (unpaired) electrons. The smallest absolute Gasteiger partial charge is 0.248 e. The monoisotopic (exact) mass is 488 g/mol. The fraction of sp³-hybridized carbons (Fsp3) is 0.0370. The number of carbonyl (C=O) groups is 1. The standard InChI is InChI=1S/C27H18Cl2N2O3/c1-16-2-9-23-25(12-16)34-27(31-23)17-3-5-21(6-4-17)30-26(32)11-8-22-7-10-24(33-22)18-13-19(28)15-20(29)14-18/h2-15H,1H3,(H,30,32)/b11-8+. The predicted molar refractivity (Wildman–Crippen MR) is 136 cm³/mol. The summed E-state index contributed by atoms with van der Waals surface area (Å²) in [5.74, 6) is 1.39. The third kappa shape index (κ3) is 4.91. The van der Waals surface area contributed by atoms with Gasteiger partial charge in [0, 0.05) is 32.9 Å². The van der Waals surface area contributed by atoms with Crippen LogP contribution < -0.4 is 5.32 Å². The van der Waals surface area contributed by atoms with Crippen molar-refractivity contribution in [1.82, 2.24) is 4.98 Å². The lowest BCUT2D eigenvalue weighted by molar-refractivity contribution is -0.111. The van der Waals surface area contributed by atoms with Crippen molar-refractivity contribution < 1.29 is 13.6 Å². The molecule has 3 aromatic carbocycles. The molecular weight excluding hydrogens is 471 g/mol. The molecule has 2 heterocycles. The Labute approximate surface area is 205 Å². The topological polar surface area (TPSA) is 68.3 Å². The van der Waals surface area contributed by atoms with E-state index in [0.29, 0.717) is 33.1 Å². The molecule has 0 aliphatic rings. The Morgan fingerprint density at radius 2 is 1.65 bits per heavy atom. The zero-order chi connectivity index (χ0) is 23.7. The van der Waals surface area contributed by atoms with Gasteiger partial charge in [-0.2, -0.15) is 0 Å². The van der Waals surface area contributed by atoms with Gasteiger partial charge in [0.05, 0.1) is 0 Å². The van der Waals surface area contributed by atoms with E-state index < -0.39 is 0 Å². The summed E-state index contributed by atoms with van der Waals surface area (Å²) in [5, 5.41) is 3.87. The van der Waals surface area contributed by atoms with Crippen LogP contribution in [0.5, 0.6) is 0 Å². The third-order valence-electron chi connectivity index (χ3n) is 5.12. The fourth-order valence-electron chi connectivity index (χ4n) is 3.49. The van der Waals surface area contributed by atoms with E-state index in [-0.39, 0.29) is 5.91 Å². The number of hydrogen-bond donors (Lipinski definition) is 1. The van der Waals surface area contributed by atoms with Gasteiger partial charge >= 0.3 is 0 Å². The van der Waals surface area contributed by atoms with E-state index in [4.69, 9.17) is 32.0 Å². The summed E-state index contributed by atoms with van der Waals surface area (Å²) in [6.45, 7) is 2.01. The summed E-state index contributed by atoms with van der Waals surface area (Å²) in [5.41, 5.74) is 4.90. The summed E-state index contributed by atoms with van der Waals surface area (Å²) in [7, 11) is 0. The molecule has 5 rings (SSSR count). The van der Waals surface area contributed by atoms with Crippen LogP contribution in [0.15, 0.2) is 87.7 Å². The molecule has 0 unspecified atom stereocenters. The zero-order valence-corrected chi connectivity index (χ0v) is 19.5. The Balaban J connectivity index is 1.24. The number of hydrogen-bond acceptors (Lipinski definition) is 4. The van der Waals surface area contributed by atoms with Gasteiger partial charge in [-0.1, -0.05) is 29.3 Å². The van der Waals surface area contributed by atoms with Crippen molar-refractivity contribution in [2.45, 2.75) is 6.92 Å². The van der Waals surface area contributed by atoms with E-state index >= 15 is 0 Å². The second-order valence-electron chi connectivity index (χ2n) is 7.75. The SMILES string of the molecule is Cc1ccc2nc(-c3ccc(NC(=O)/C=C/c4ccc(-c5cc(Cl)cc(Cl)c5)o4)cc3)oc2c1. The molecule has 0 aliphatic heterocycles. The zero-order valence-electron chi connectivity index (χ0n) is 18.0. The number of nitrogens with zero attached hydrogens (tertiary/aromatic N) is 1. The van der Waals surface area contributed by atoms with E-state index in [2.05, 4.69) is 10.3 Å². The Morgan fingerprint density at radius 3 is 2.41 bits per heavy atom. The molecule has 0 atom stereocenters. The van der Waals surface area contributed by atoms with Crippen molar-refractivity contribution in [3.63, 3.8) is 0 Å². The van der Waals surface area contributed by atoms with E-state index in [0.717, 1.165) is 27.8 Å². The first-order valence-corrected chi connectivity index (χ1v) is 11.2. The largest absolute Gasteiger partial charge is 0.457 e. The van der Waals surface area contributed by atoms with Crippen LogP contribution in [0, 0.1) is 6.92 Å². The first kappa shape index (κ1) is 22.0. The molecule has 0 fully saturated rings. The van der Waals surface area contributed by atoms with Crippen LogP contribution in [0.4, 0.5) is 5.69 Å². The summed E-state index contributed by atoms with van der Waals surface area (Å²) < 4.78 is 11.6. The Bertz CT molecular complexity index is 1510. The molecule has 5 nitrogen and oxygen atoms in total. The molecule has 2 aromatic heterocycles. The van der Waals surface area contributed by atoms with Gasteiger partial charge in [-0.05, 0) is 85.3 Å². The fourth-order valence-corrected chi connectivity index (χ4v) is 4.01. The average molecular weight is 489 g/mol. The first-order valence-electron chi connectivity index (χ1n) is 10.5. The number of halogens is 2. The van der Waals surface area contributed by atoms with Gasteiger partial charge in [-0.3, -0.25) is 4.79 Å². The minimum Gasteiger partial charge on any atom is -0.457 e. The average Bonchev–Trinajstić information content (AvgIpc) is 3.44. The molecule has 0 saturated heterocycles. The number of benzene rings is 3. The van der Waals surface area contributed by atoms with Crippen molar-refractivity contribution in [3.05, 3.63) is 100 Å². The Hall–Kier alpha value is -3.80. The summed E-state index contributed by atoms with van der Waals surface area (Å²) >= 11 is 12.1. The molecule has 0 saturated carbocycles. The molecule has 168 valence electrons. The third-order valence-corrected chi connectivity index (χ3v) is 5.55. The van der Waals surface area contributed by atoms with Crippen molar-refractivity contribution >= 4 is 52.0 Å². The lowest BCUT2D eigenvalue weighted by Gasteiger charge is -2.02. The highest BCUT2D eigenvalue weighted by atomic mass is 35.5. The lowest BCUT2D eigenvalue weighted by Crippen LogP contribution is -2.07. The van der Waals surface area contributed by atoms with E-state index in [9.17, 15) is 4.79 Å². The normalized spacial score (nSPS) is 11.4. The number of nitrogens with one attached hydrogen (secondary N) is 1. The molecular formula is C27H18Cl2N2O3. The maximum Gasteiger partial charge on any atom is 0.248 e. The van der Waals surface area contributed by atoms with Crippen molar-refractivity contribution in [2.24, 2.45) is 0 Å². The van der Waals surface area contributed by atoms with Gasteiger partial charge in [0.2, 0.25) is 11.8 Å². The van der Waals surface area contributed by atoms with Crippen LogP contribution in [-0.2, 0) is 4.79 Å². The van der Waals surface area contributed by atoms with E-state index in [1.807, 2.05) is 37.3 Å². The lowest BCUT2D eigenvalue weighted by atomic mass is 10.2. The van der Waals surface area contributed by atoms with Crippen LogP contribution in [0.3, 0.4) is 0 Å². The summed E-state index contributed by atoms with van der Waals surface area (Å²) in [4.78, 5) is 16.9. The summed E-state index contributed by atoms with van der Waals surface area (Å²) in [6, 6.07) is 21.9. The predicted octanol–water partition coefficient (Wildman–Crippen LogP) is 8.02. The number of amides is 1. The van der Waals surface area contributed by atoms with Gasteiger partial charge in [-0.25, -0.2) is 4.98 Å². The number of fused-ring (bicyclic) bond motifs is 1. The molecule has 5 aromatic rings. The molecule has 0 aliphatic carbocycles. The number of anilines is 1. The molecule has 34 heavy (non-hydrogen) atoms. The van der Waals surface area contributed by atoms with Gasteiger partial charge in [0.25, 0.3) is 0 Å². The van der Waals surface area contributed by atoms with Gasteiger partial charge in [-0.15, -0.1) is 0 Å². The molecule has 7 heteroatoms. The van der Waals surface area contributed by atoms with Crippen LogP contribution in [0.25, 0.3) is 40.0 Å². The highest BCUT2D eigenvalue weighted by molar-refractivity contribution is 6.35. The molecule has 0 spiro atoms. The second kappa shape index (κ2) is 9.21. The minimum atomic E-state index is -0.283. The highest BCUT2D eigenvalue weighted by Gasteiger charge is 2.09. The quantitative estimate of drug-likeness (QED) is 0.254. The number of aromatic nitrogens is 1. The second-order valence-corrected chi connectivity index (χ2v) is 8.62. The molecule has 1 amide bonds. The summed E-state index contributed by atoms with van der Waals surface area (Å²) in [6.07, 6.45) is 3.00. The van der Waals surface area contributed by atoms with Crippen LogP contribution in [0.2, 0.25) is 10.0 Å². The van der Waals surface area contributed by atoms with Crippen molar-refractivity contribution in [1.29, 1.82) is 0 Å². The molecule has 0 bridgehead atoms. The van der Waals surface area contributed by atoms with Crippen molar-refractivity contribution in [2.75, 3.05) is 5.32 Å². The highest BCUT2D eigenvalue weighted by Crippen LogP contribution is 2.29. The molecule has 1 N–H and O–H groups in total. The van der Waals surface area contributed by atoms with Crippen LogP contribution in [0.1, 0.15) is 11.3 Å². The van der Waals surface area contributed by atoms with Gasteiger partial charge in [0.1, 0.15) is 17.0 Å².